The Morgan fingerprint density at radius 1 is 0.902 bits per heavy atom. The normalized spacial score (nSPS) is 13.1. The number of hydrogen-bond donors (Lipinski definition) is 4. The molecule has 0 unspecified atom stereocenters. The van der Waals surface area contributed by atoms with E-state index in [4.69, 9.17) is 16.3 Å². The SMILES string of the molecule is CN(CCCNC(=O)c1ccc(Nc2nc(NC3(c4ccc(Cl)cc4)CC3)nc(OCC(F)(F)F)n2)cc1)C(=O)C(=O)NCc1ccc(F)cc1. The van der Waals surface area contributed by atoms with Gasteiger partial charge < -0.3 is 30.9 Å². The summed E-state index contributed by atoms with van der Waals surface area (Å²) in [7, 11) is 1.47. The third-order valence-electron chi connectivity index (χ3n) is 7.74. The van der Waals surface area contributed by atoms with Crippen LogP contribution in [0.4, 0.5) is 35.1 Å². The van der Waals surface area contributed by atoms with E-state index in [0.29, 0.717) is 28.3 Å². The molecule has 4 N–H and O–H groups in total. The monoisotopic (exact) mass is 728 g/mol. The van der Waals surface area contributed by atoms with Gasteiger partial charge in [-0.05, 0) is 78.9 Å². The van der Waals surface area contributed by atoms with Crippen LogP contribution in [0.3, 0.4) is 0 Å². The Morgan fingerprint density at radius 2 is 1.57 bits per heavy atom. The number of alkyl halides is 3. The predicted molar refractivity (Wildman–Crippen MR) is 180 cm³/mol. The lowest BCUT2D eigenvalue weighted by atomic mass is 10.1. The number of rotatable bonds is 14. The van der Waals surface area contributed by atoms with Crippen LogP contribution >= 0.6 is 11.6 Å². The Labute approximate surface area is 295 Å². The Hall–Kier alpha value is -5.51. The molecule has 0 atom stereocenters. The first-order chi connectivity index (χ1) is 24.3. The van der Waals surface area contributed by atoms with Crippen LogP contribution in [-0.2, 0) is 21.7 Å². The van der Waals surface area contributed by atoms with Crippen LogP contribution in [0.2, 0.25) is 5.02 Å². The summed E-state index contributed by atoms with van der Waals surface area (Å²) in [4.78, 5) is 50.9. The number of carbonyl (C=O) groups is 3. The number of amides is 3. The summed E-state index contributed by atoms with van der Waals surface area (Å²) < 4.78 is 56.6. The Kier molecular flexibility index (Phi) is 11.5. The molecule has 0 aliphatic heterocycles. The molecule has 1 saturated carbocycles. The highest BCUT2D eigenvalue weighted by atomic mass is 35.5. The number of nitrogens with one attached hydrogen (secondary N) is 4. The summed E-state index contributed by atoms with van der Waals surface area (Å²) in [5.74, 6) is -2.43. The van der Waals surface area contributed by atoms with Crippen molar-refractivity contribution in [3.8, 4) is 6.01 Å². The lowest BCUT2D eigenvalue weighted by Gasteiger charge is -2.19. The van der Waals surface area contributed by atoms with Crippen LogP contribution in [-0.4, -0.2) is 70.5 Å². The molecule has 0 radical (unpaired) electrons. The third-order valence-corrected chi connectivity index (χ3v) is 8.00. The molecule has 1 heterocycles. The van der Waals surface area contributed by atoms with E-state index in [1.165, 1.54) is 48.3 Å². The molecule has 12 nitrogen and oxygen atoms in total. The molecular weight excluding hydrogens is 696 g/mol. The van der Waals surface area contributed by atoms with E-state index in [9.17, 15) is 31.9 Å². The van der Waals surface area contributed by atoms with Gasteiger partial charge in [-0.1, -0.05) is 35.9 Å². The van der Waals surface area contributed by atoms with Gasteiger partial charge in [0.25, 0.3) is 5.91 Å². The van der Waals surface area contributed by atoms with Crippen LogP contribution in [0.25, 0.3) is 0 Å². The number of halogens is 5. The third kappa shape index (κ3) is 10.7. The van der Waals surface area contributed by atoms with E-state index in [1.54, 1.807) is 24.3 Å². The summed E-state index contributed by atoms with van der Waals surface area (Å²) >= 11 is 6.02. The molecule has 17 heteroatoms. The molecule has 1 aliphatic carbocycles. The highest BCUT2D eigenvalue weighted by Gasteiger charge is 2.45. The number of likely N-dealkylation sites (N-methyl/N-ethyl adjacent to an activating group) is 1. The lowest BCUT2D eigenvalue weighted by Crippen LogP contribution is -2.41. The molecule has 268 valence electrons. The zero-order chi connectivity index (χ0) is 36.6. The Morgan fingerprint density at radius 3 is 2.22 bits per heavy atom. The van der Waals surface area contributed by atoms with Crippen LogP contribution in [0.15, 0.2) is 72.8 Å². The van der Waals surface area contributed by atoms with Gasteiger partial charge in [0.2, 0.25) is 11.9 Å². The maximum Gasteiger partial charge on any atom is 0.422 e. The van der Waals surface area contributed by atoms with Crippen molar-refractivity contribution in [3.63, 3.8) is 0 Å². The van der Waals surface area contributed by atoms with Crippen molar-refractivity contribution in [2.75, 3.05) is 37.4 Å². The van der Waals surface area contributed by atoms with Gasteiger partial charge >= 0.3 is 24.0 Å². The Bertz CT molecular complexity index is 1840. The summed E-state index contributed by atoms with van der Waals surface area (Å²) in [6, 6.07) is 18.4. The fraction of sp³-hybridized carbons (Fsp3) is 0.294. The van der Waals surface area contributed by atoms with E-state index in [0.717, 1.165) is 18.4 Å². The number of ether oxygens (including phenoxy) is 1. The standard InChI is InChI=1S/C34H33ClF4N8O4/c1-47(29(50)28(49)41-19-21-3-11-25(36)12-4-21)18-2-17-40-27(48)22-5-13-26(14-6-22)42-30-43-31(45-32(44-30)51-20-34(37,38)39)46-33(15-16-33)23-7-9-24(35)10-8-23/h3-14H,2,15-20H2,1H3,(H,40,48)(H,41,49)(H2,42,43,44,45,46). The highest BCUT2D eigenvalue weighted by molar-refractivity contribution is 6.34. The minimum absolute atomic E-state index is 0.00564. The van der Waals surface area contributed by atoms with Crippen molar-refractivity contribution in [1.29, 1.82) is 0 Å². The second-order valence-electron chi connectivity index (χ2n) is 11.7. The molecule has 0 spiro atoms. The minimum Gasteiger partial charge on any atom is -0.454 e. The molecule has 0 bridgehead atoms. The Balaban J connectivity index is 1.13. The lowest BCUT2D eigenvalue weighted by molar-refractivity contribution is -0.154. The first-order valence-electron chi connectivity index (χ1n) is 15.7. The first-order valence-corrected chi connectivity index (χ1v) is 16.1. The van der Waals surface area contributed by atoms with E-state index in [-0.39, 0.29) is 37.4 Å². The fourth-order valence-electron chi connectivity index (χ4n) is 4.86. The van der Waals surface area contributed by atoms with E-state index >= 15 is 0 Å². The molecule has 5 rings (SSSR count). The second-order valence-corrected chi connectivity index (χ2v) is 12.2. The number of carbonyl (C=O) groups excluding carboxylic acids is 3. The first kappa shape index (κ1) is 36.8. The van der Waals surface area contributed by atoms with Gasteiger partial charge in [0.05, 0.1) is 5.54 Å². The number of benzene rings is 3. The number of nitrogens with zero attached hydrogens (tertiary/aromatic N) is 4. The van der Waals surface area contributed by atoms with Gasteiger partial charge in [-0.15, -0.1) is 0 Å². The maximum atomic E-state index is 13.0. The number of hydrogen-bond acceptors (Lipinski definition) is 9. The van der Waals surface area contributed by atoms with Crippen molar-refractivity contribution in [1.82, 2.24) is 30.5 Å². The zero-order valence-electron chi connectivity index (χ0n) is 27.2. The smallest absolute Gasteiger partial charge is 0.422 e. The largest absolute Gasteiger partial charge is 0.454 e. The molecule has 3 amide bonds. The maximum absolute atomic E-state index is 13.0. The second kappa shape index (κ2) is 16.0. The van der Waals surface area contributed by atoms with Crippen LogP contribution in [0.5, 0.6) is 6.01 Å². The van der Waals surface area contributed by atoms with Gasteiger partial charge in [0.15, 0.2) is 6.61 Å². The van der Waals surface area contributed by atoms with Crippen molar-refractivity contribution in [2.45, 2.75) is 37.5 Å². The number of anilines is 3. The molecule has 1 aromatic heterocycles. The van der Waals surface area contributed by atoms with Gasteiger partial charge in [-0.3, -0.25) is 14.4 Å². The molecule has 1 aliphatic rings. The van der Waals surface area contributed by atoms with Crippen LogP contribution < -0.4 is 26.0 Å². The van der Waals surface area contributed by atoms with E-state index in [1.807, 2.05) is 12.1 Å². The molecule has 51 heavy (non-hydrogen) atoms. The van der Waals surface area contributed by atoms with Crippen molar-refractivity contribution < 1.29 is 36.7 Å². The van der Waals surface area contributed by atoms with Crippen molar-refractivity contribution in [3.05, 3.63) is 100 Å². The molecule has 3 aromatic carbocycles. The van der Waals surface area contributed by atoms with E-state index in [2.05, 4.69) is 36.2 Å². The van der Waals surface area contributed by atoms with E-state index < -0.39 is 42.0 Å². The summed E-state index contributed by atoms with van der Waals surface area (Å²) in [5.41, 5.74) is 1.78. The average molecular weight is 729 g/mol. The molecule has 0 saturated heterocycles. The summed E-state index contributed by atoms with van der Waals surface area (Å²) in [6.45, 7) is -1.11. The molecule has 1 fully saturated rings. The topological polar surface area (TPSA) is 150 Å². The minimum atomic E-state index is -4.61. The van der Waals surface area contributed by atoms with Crippen LogP contribution in [0.1, 0.15) is 40.7 Å². The number of aromatic nitrogens is 3. The summed E-state index contributed by atoms with van der Waals surface area (Å²) in [6.07, 6.45) is -2.77. The van der Waals surface area contributed by atoms with Crippen molar-refractivity contribution in [2.24, 2.45) is 0 Å². The summed E-state index contributed by atoms with van der Waals surface area (Å²) in [5, 5.41) is 11.9. The highest BCUT2D eigenvalue weighted by Crippen LogP contribution is 2.48. The molecular formula is C34H33ClF4N8O4. The average Bonchev–Trinajstić information content (AvgIpc) is 3.88. The zero-order valence-corrected chi connectivity index (χ0v) is 27.9. The predicted octanol–water partition coefficient (Wildman–Crippen LogP) is 5.34. The van der Waals surface area contributed by atoms with Crippen molar-refractivity contribution >= 4 is 46.9 Å². The van der Waals surface area contributed by atoms with Gasteiger partial charge in [0, 0.05) is 43.0 Å². The van der Waals surface area contributed by atoms with Gasteiger partial charge in [-0.25, -0.2) is 4.39 Å². The van der Waals surface area contributed by atoms with Gasteiger partial charge in [0.1, 0.15) is 5.82 Å². The van der Waals surface area contributed by atoms with Crippen LogP contribution in [0, 0.1) is 5.82 Å². The quantitative estimate of drug-likeness (QED) is 0.0766. The van der Waals surface area contributed by atoms with Gasteiger partial charge in [-0.2, -0.15) is 28.1 Å². The fourth-order valence-corrected chi connectivity index (χ4v) is 4.99. The molecule has 4 aromatic rings.